The second-order valence-corrected chi connectivity index (χ2v) is 10.4. The van der Waals surface area contributed by atoms with Crippen LogP contribution in [0.4, 0.5) is 5.69 Å². The van der Waals surface area contributed by atoms with Crippen molar-refractivity contribution in [3.63, 3.8) is 0 Å². The first-order chi connectivity index (χ1) is 17.9. The molecule has 2 aliphatic rings. The molecule has 3 aromatic carbocycles. The third-order valence-corrected chi connectivity index (χ3v) is 7.57. The smallest absolute Gasteiger partial charge is 0.262 e. The van der Waals surface area contributed by atoms with Crippen LogP contribution in [-0.4, -0.2) is 40.1 Å². The Morgan fingerprint density at radius 1 is 1.00 bits per heavy atom. The fourth-order valence-electron chi connectivity index (χ4n) is 4.31. The van der Waals surface area contributed by atoms with Crippen molar-refractivity contribution in [2.24, 2.45) is 10.1 Å². The number of nitrogens with one attached hydrogen (secondary N) is 1. The van der Waals surface area contributed by atoms with E-state index in [0.717, 1.165) is 28.2 Å². The number of hydrogen-bond donors (Lipinski definition) is 1. The summed E-state index contributed by atoms with van der Waals surface area (Å²) in [5, 5.41) is 9.55. The van der Waals surface area contributed by atoms with Crippen LogP contribution in [0.3, 0.4) is 0 Å². The number of ether oxygens (including phenoxy) is 1. The number of anilines is 1. The monoisotopic (exact) mass is 512 g/mol. The first-order valence-corrected chi connectivity index (χ1v) is 13.0. The molecule has 2 heterocycles. The molecule has 5 rings (SSSR count). The Bertz CT molecular complexity index is 1370. The van der Waals surface area contributed by atoms with E-state index in [1.165, 1.54) is 17.3 Å². The summed E-state index contributed by atoms with van der Waals surface area (Å²) in [4.78, 5) is 29.8. The lowest BCUT2D eigenvalue weighted by Gasteiger charge is -2.23. The number of amidine groups is 1. The van der Waals surface area contributed by atoms with E-state index >= 15 is 0 Å². The minimum Gasteiger partial charge on any atom is -0.497 e. The molecule has 0 unspecified atom stereocenters. The standard InChI is InChI=1S/C29H28N4O3S/c1-18-4-8-21(9-5-18)25-16-24(20-10-14-23(36-3)15-11-20)32-33(25)29-31-28(35)26(37-29)17-27(34)30-22-12-6-19(2)7-13-22/h4-15,25-26H,16-17H2,1-3H3,(H,30,34)/t25-,26-/m1/s1. The number of methoxy groups -OCH3 is 1. The molecular formula is C29H28N4O3S. The number of carbonyl (C=O) groups is 2. The highest BCUT2D eigenvalue weighted by molar-refractivity contribution is 8.15. The highest BCUT2D eigenvalue weighted by Crippen LogP contribution is 2.38. The van der Waals surface area contributed by atoms with E-state index in [4.69, 9.17) is 9.84 Å². The second kappa shape index (κ2) is 10.6. The van der Waals surface area contributed by atoms with Gasteiger partial charge in [0.05, 0.1) is 18.9 Å². The Labute approximate surface area is 220 Å². The fourth-order valence-corrected chi connectivity index (χ4v) is 5.38. The normalized spacial score (nSPS) is 19.0. The van der Waals surface area contributed by atoms with Crippen molar-refractivity contribution < 1.29 is 14.3 Å². The van der Waals surface area contributed by atoms with Gasteiger partial charge in [-0.05, 0) is 61.4 Å². The van der Waals surface area contributed by atoms with Gasteiger partial charge >= 0.3 is 0 Å². The van der Waals surface area contributed by atoms with Gasteiger partial charge in [0.1, 0.15) is 11.0 Å². The van der Waals surface area contributed by atoms with Gasteiger partial charge in [-0.2, -0.15) is 10.1 Å². The van der Waals surface area contributed by atoms with Gasteiger partial charge in [-0.3, -0.25) is 9.59 Å². The molecule has 2 atom stereocenters. The second-order valence-electron chi connectivity index (χ2n) is 9.21. The van der Waals surface area contributed by atoms with Crippen molar-refractivity contribution in [1.29, 1.82) is 0 Å². The number of aryl methyl sites for hydroxylation is 2. The molecular weight excluding hydrogens is 484 g/mol. The topological polar surface area (TPSA) is 83.4 Å². The molecule has 3 aromatic rings. The highest BCUT2D eigenvalue weighted by atomic mass is 32.2. The molecule has 0 aromatic heterocycles. The van der Waals surface area contributed by atoms with Crippen LogP contribution in [0, 0.1) is 13.8 Å². The summed E-state index contributed by atoms with van der Waals surface area (Å²) in [6.07, 6.45) is 0.713. The molecule has 188 valence electrons. The molecule has 7 nitrogen and oxygen atoms in total. The maximum Gasteiger partial charge on any atom is 0.262 e. The number of hydrazone groups is 1. The zero-order chi connectivity index (χ0) is 25.9. The van der Waals surface area contributed by atoms with E-state index < -0.39 is 5.25 Å². The van der Waals surface area contributed by atoms with Gasteiger partial charge in [0, 0.05) is 18.5 Å². The lowest BCUT2D eigenvalue weighted by atomic mass is 9.98. The van der Waals surface area contributed by atoms with Gasteiger partial charge in [0.2, 0.25) is 5.91 Å². The first-order valence-electron chi connectivity index (χ1n) is 12.1. The van der Waals surface area contributed by atoms with Crippen LogP contribution in [-0.2, 0) is 9.59 Å². The molecule has 8 heteroatoms. The first kappa shape index (κ1) is 24.8. The van der Waals surface area contributed by atoms with Crippen molar-refractivity contribution in [2.75, 3.05) is 12.4 Å². The Kier molecular flexibility index (Phi) is 7.10. The van der Waals surface area contributed by atoms with Crippen molar-refractivity contribution in [1.82, 2.24) is 5.01 Å². The maximum atomic E-state index is 12.8. The van der Waals surface area contributed by atoms with Crippen LogP contribution in [0.1, 0.15) is 41.1 Å². The third-order valence-electron chi connectivity index (χ3n) is 6.43. The van der Waals surface area contributed by atoms with E-state index in [9.17, 15) is 9.59 Å². The molecule has 0 radical (unpaired) electrons. The zero-order valence-corrected chi connectivity index (χ0v) is 21.8. The number of carbonyl (C=O) groups excluding carboxylic acids is 2. The average molecular weight is 513 g/mol. The summed E-state index contributed by atoms with van der Waals surface area (Å²) < 4.78 is 5.29. The largest absolute Gasteiger partial charge is 0.497 e. The van der Waals surface area contributed by atoms with E-state index in [2.05, 4.69) is 41.5 Å². The Morgan fingerprint density at radius 2 is 1.65 bits per heavy atom. The summed E-state index contributed by atoms with van der Waals surface area (Å²) in [7, 11) is 1.64. The van der Waals surface area contributed by atoms with Crippen molar-refractivity contribution in [3.05, 3.63) is 95.1 Å². The van der Waals surface area contributed by atoms with Gasteiger partial charge in [0.25, 0.3) is 5.91 Å². The minimum atomic E-state index is -0.584. The number of rotatable bonds is 6. The summed E-state index contributed by atoms with van der Waals surface area (Å²) in [6, 6.07) is 23.6. The zero-order valence-electron chi connectivity index (χ0n) is 21.0. The van der Waals surface area contributed by atoms with Gasteiger partial charge in [-0.1, -0.05) is 59.3 Å². The van der Waals surface area contributed by atoms with Crippen LogP contribution < -0.4 is 10.1 Å². The maximum absolute atomic E-state index is 12.8. The molecule has 0 aliphatic carbocycles. The molecule has 0 fully saturated rings. The predicted molar refractivity (Wildman–Crippen MR) is 148 cm³/mol. The van der Waals surface area contributed by atoms with Crippen molar-refractivity contribution in [3.8, 4) is 5.75 Å². The van der Waals surface area contributed by atoms with Crippen LogP contribution >= 0.6 is 11.8 Å². The lowest BCUT2D eigenvalue weighted by molar-refractivity contribution is -0.121. The Morgan fingerprint density at radius 3 is 2.30 bits per heavy atom. The molecule has 1 N–H and O–H groups in total. The molecule has 0 bridgehead atoms. The minimum absolute atomic E-state index is 0.0441. The quantitative estimate of drug-likeness (QED) is 0.472. The van der Waals surface area contributed by atoms with E-state index in [0.29, 0.717) is 17.3 Å². The van der Waals surface area contributed by atoms with Crippen molar-refractivity contribution >= 4 is 40.1 Å². The molecule has 2 aliphatic heterocycles. The summed E-state index contributed by atoms with van der Waals surface area (Å²) in [6.45, 7) is 4.04. The van der Waals surface area contributed by atoms with Crippen LogP contribution in [0.2, 0.25) is 0 Å². The van der Waals surface area contributed by atoms with E-state index in [-0.39, 0.29) is 24.3 Å². The molecule has 0 saturated heterocycles. The molecule has 0 spiro atoms. The SMILES string of the molecule is COc1ccc(C2=NN(C3=NC(=O)[C@@H](CC(=O)Nc4ccc(C)cc4)S3)[C@@H](c3ccc(C)cc3)C2)cc1. The summed E-state index contributed by atoms with van der Waals surface area (Å²) in [5.41, 5.74) is 5.98. The van der Waals surface area contributed by atoms with Gasteiger partial charge < -0.3 is 10.1 Å². The number of hydrogen-bond acceptors (Lipinski definition) is 6. The predicted octanol–water partition coefficient (Wildman–Crippen LogP) is 5.49. The van der Waals surface area contributed by atoms with Crippen LogP contribution in [0.15, 0.2) is 82.9 Å². The fraction of sp³-hybridized carbons (Fsp3) is 0.241. The summed E-state index contributed by atoms with van der Waals surface area (Å²) in [5.74, 6) is 0.252. The average Bonchev–Trinajstić information content (AvgIpc) is 3.50. The Balaban J connectivity index is 1.35. The number of aliphatic imine (C=N–C) groups is 1. The van der Waals surface area contributed by atoms with Gasteiger partial charge in [-0.25, -0.2) is 5.01 Å². The molecule has 37 heavy (non-hydrogen) atoms. The van der Waals surface area contributed by atoms with Gasteiger partial charge in [0.15, 0.2) is 5.17 Å². The summed E-state index contributed by atoms with van der Waals surface area (Å²) >= 11 is 1.30. The van der Waals surface area contributed by atoms with E-state index in [1.807, 2.05) is 60.5 Å². The number of benzene rings is 3. The number of thioether (sulfide) groups is 1. The third kappa shape index (κ3) is 5.59. The highest BCUT2D eigenvalue weighted by Gasteiger charge is 2.39. The lowest BCUT2D eigenvalue weighted by Crippen LogP contribution is -2.25. The number of amides is 2. The van der Waals surface area contributed by atoms with Gasteiger partial charge in [-0.15, -0.1) is 0 Å². The Hall–Kier alpha value is -3.91. The number of nitrogens with zero attached hydrogens (tertiary/aromatic N) is 3. The van der Waals surface area contributed by atoms with E-state index in [1.54, 1.807) is 7.11 Å². The van der Waals surface area contributed by atoms with Crippen LogP contribution in [0.25, 0.3) is 0 Å². The van der Waals surface area contributed by atoms with Crippen LogP contribution in [0.5, 0.6) is 5.75 Å². The molecule has 0 saturated carbocycles. The van der Waals surface area contributed by atoms with Crippen molar-refractivity contribution in [2.45, 2.75) is 38.0 Å². The molecule has 2 amide bonds.